The first-order valence-electron chi connectivity index (χ1n) is 7.94. The molecule has 128 valence electrons. The molecule has 0 unspecified atom stereocenters. The number of nitrogens with one attached hydrogen (secondary N) is 1. The van der Waals surface area contributed by atoms with Gasteiger partial charge in [-0.15, -0.1) is 0 Å². The van der Waals surface area contributed by atoms with Gasteiger partial charge < -0.3 is 10.1 Å². The van der Waals surface area contributed by atoms with Crippen molar-refractivity contribution in [2.24, 2.45) is 0 Å². The lowest BCUT2D eigenvalue weighted by molar-refractivity contribution is -0.116. The van der Waals surface area contributed by atoms with Crippen molar-refractivity contribution in [1.29, 1.82) is 0 Å². The molecule has 0 aliphatic heterocycles. The van der Waals surface area contributed by atoms with E-state index in [1.807, 2.05) is 51.3 Å². The van der Waals surface area contributed by atoms with Crippen LogP contribution < -0.4 is 10.1 Å². The summed E-state index contributed by atoms with van der Waals surface area (Å²) in [5.41, 5.74) is 3.71. The third-order valence-corrected chi connectivity index (χ3v) is 4.18. The number of carbonyl (C=O) groups excluding carboxylic acids is 1. The predicted molar refractivity (Wildman–Crippen MR) is 97.8 cm³/mol. The minimum absolute atomic E-state index is 0.0214. The summed E-state index contributed by atoms with van der Waals surface area (Å²) in [6.45, 7) is 6.50. The SMILES string of the molecule is CCOc1ccc(NC(=O)CCc2c(C)nc(SC)nc2C)cc1. The number of benzene rings is 1. The highest BCUT2D eigenvalue weighted by Gasteiger charge is 2.11. The zero-order chi connectivity index (χ0) is 17.5. The Labute approximate surface area is 147 Å². The highest BCUT2D eigenvalue weighted by molar-refractivity contribution is 7.98. The number of hydrogen-bond acceptors (Lipinski definition) is 5. The van der Waals surface area contributed by atoms with Gasteiger partial charge in [-0.05, 0) is 63.3 Å². The molecule has 0 saturated carbocycles. The van der Waals surface area contributed by atoms with Crippen molar-refractivity contribution < 1.29 is 9.53 Å². The van der Waals surface area contributed by atoms with Gasteiger partial charge in [0.05, 0.1) is 6.61 Å². The fraction of sp³-hybridized carbons (Fsp3) is 0.389. The van der Waals surface area contributed by atoms with Crippen molar-refractivity contribution in [3.05, 3.63) is 41.2 Å². The fourth-order valence-electron chi connectivity index (χ4n) is 2.42. The van der Waals surface area contributed by atoms with Gasteiger partial charge in [0.25, 0.3) is 0 Å². The molecule has 0 radical (unpaired) electrons. The van der Waals surface area contributed by atoms with Crippen LogP contribution in [0.5, 0.6) is 5.75 Å². The molecule has 0 fully saturated rings. The Hall–Kier alpha value is -2.08. The number of aromatic nitrogens is 2. The maximum absolute atomic E-state index is 12.2. The van der Waals surface area contributed by atoms with E-state index in [-0.39, 0.29) is 5.91 Å². The average Bonchev–Trinajstić information content (AvgIpc) is 2.56. The Balaban J connectivity index is 1.93. The molecule has 1 heterocycles. The fourth-order valence-corrected chi connectivity index (χ4v) is 2.88. The van der Waals surface area contributed by atoms with E-state index >= 15 is 0 Å². The van der Waals surface area contributed by atoms with Crippen molar-refractivity contribution in [2.75, 3.05) is 18.2 Å². The molecule has 24 heavy (non-hydrogen) atoms. The van der Waals surface area contributed by atoms with Gasteiger partial charge in [0.1, 0.15) is 5.75 Å². The number of thioether (sulfide) groups is 1. The number of anilines is 1. The van der Waals surface area contributed by atoms with Crippen molar-refractivity contribution >= 4 is 23.4 Å². The average molecular weight is 345 g/mol. The Bertz CT molecular complexity index is 679. The molecule has 0 atom stereocenters. The van der Waals surface area contributed by atoms with E-state index in [0.717, 1.165) is 33.5 Å². The molecule has 0 spiro atoms. The highest BCUT2D eigenvalue weighted by atomic mass is 32.2. The molecule has 0 saturated heterocycles. The van der Waals surface area contributed by atoms with Gasteiger partial charge in [-0.1, -0.05) is 11.8 Å². The number of ether oxygens (including phenoxy) is 1. The number of amides is 1. The maximum Gasteiger partial charge on any atom is 0.224 e. The van der Waals surface area contributed by atoms with Crippen LogP contribution in [0.1, 0.15) is 30.3 Å². The van der Waals surface area contributed by atoms with Gasteiger partial charge in [-0.25, -0.2) is 9.97 Å². The number of rotatable bonds is 7. The first-order valence-corrected chi connectivity index (χ1v) is 9.16. The Morgan fingerprint density at radius 2 is 1.79 bits per heavy atom. The summed E-state index contributed by atoms with van der Waals surface area (Å²) in [6.07, 6.45) is 2.99. The van der Waals surface area contributed by atoms with Crippen LogP contribution in [0.2, 0.25) is 0 Å². The van der Waals surface area contributed by atoms with E-state index in [9.17, 15) is 4.79 Å². The van der Waals surface area contributed by atoms with E-state index in [0.29, 0.717) is 19.4 Å². The molecule has 1 N–H and O–H groups in total. The highest BCUT2D eigenvalue weighted by Crippen LogP contribution is 2.18. The third-order valence-electron chi connectivity index (χ3n) is 3.63. The van der Waals surface area contributed by atoms with Gasteiger partial charge in [0.15, 0.2) is 5.16 Å². The van der Waals surface area contributed by atoms with Crippen LogP contribution in [0.15, 0.2) is 29.4 Å². The molecule has 5 nitrogen and oxygen atoms in total. The van der Waals surface area contributed by atoms with Gasteiger partial charge in [-0.2, -0.15) is 0 Å². The lowest BCUT2D eigenvalue weighted by Gasteiger charge is -2.10. The number of aryl methyl sites for hydroxylation is 2. The van der Waals surface area contributed by atoms with Crippen LogP contribution >= 0.6 is 11.8 Å². The normalized spacial score (nSPS) is 10.5. The van der Waals surface area contributed by atoms with Crippen LogP contribution in [0.4, 0.5) is 5.69 Å². The molecule has 2 rings (SSSR count). The number of nitrogens with zero attached hydrogens (tertiary/aromatic N) is 2. The van der Waals surface area contributed by atoms with Crippen LogP contribution in [0.25, 0.3) is 0 Å². The second-order valence-corrected chi connectivity index (χ2v) is 6.14. The number of hydrogen-bond donors (Lipinski definition) is 1. The van der Waals surface area contributed by atoms with Crippen molar-refractivity contribution in [1.82, 2.24) is 9.97 Å². The summed E-state index contributed by atoms with van der Waals surface area (Å²) < 4.78 is 5.39. The van der Waals surface area contributed by atoms with E-state index in [1.54, 1.807) is 0 Å². The molecule has 0 aliphatic carbocycles. The zero-order valence-electron chi connectivity index (χ0n) is 14.5. The molecule has 0 aliphatic rings. The lowest BCUT2D eigenvalue weighted by Crippen LogP contribution is -2.13. The zero-order valence-corrected chi connectivity index (χ0v) is 15.4. The van der Waals surface area contributed by atoms with Gasteiger partial charge in [0.2, 0.25) is 5.91 Å². The second kappa shape index (κ2) is 8.68. The number of carbonyl (C=O) groups is 1. The molecule has 2 aromatic rings. The van der Waals surface area contributed by atoms with Crippen LogP contribution in [-0.4, -0.2) is 28.7 Å². The Morgan fingerprint density at radius 3 is 2.33 bits per heavy atom. The molecular weight excluding hydrogens is 322 g/mol. The van der Waals surface area contributed by atoms with Gasteiger partial charge >= 0.3 is 0 Å². The second-order valence-electron chi connectivity index (χ2n) is 5.37. The largest absolute Gasteiger partial charge is 0.494 e. The standard InChI is InChI=1S/C18H23N3O2S/c1-5-23-15-8-6-14(7-9-15)21-17(22)11-10-16-12(2)19-18(24-4)20-13(16)3/h6-9H,5,10-11H2,1-4H3,(H,21,22). The monoisotopic (exact) mass is 345 g/mol. The quantitative estimate of drug-likeness (QED) is 0.611. The summed E-state index contributed by atoms with van der Waals surface area (Å²) in [4.78, 5) is 21.1. The summed E-state index contributed by atoms with van der Waals surface area (Å²) in [6, 6.07) is 7.39. The minimum Gasteiger partial charge on any atom is -0.494 e. The van der Waals surface area contributed by atoms with Crippen molar-refractivity contribution in [2.45, 2.75) is 38.8 Å². The van der Waals surface area contributed by atoms with E-state index in [4.69, 9.17) is 4.74 Å². The van der Waals surface area contributed by atoms with Gasteiger partial charge in [0, 0.05) is 23.5 Å². The molecule has 1 aromatic heterocycles. The van der Waals surface area contributed by atoms with Crippen LogP contribution in [-0.2, 0) is 11.2 Å². The summed E-state index contributed by atoms with van der Waals surface area (Å²) in [5.74, 6) is 0.777. The van der Waals surface area contributed by atoms with Crippen LogP contribution in [0, 0.1) is 13.8 Å². The first-order chi connectivity index (χ1) is 11.5. The predicted octanol–water partition coefficient (Wildman–Crippen LogP) is 3.79. The Morgan fingerprint density at radius 1 is 1.17 bits per heavy atom. The molecule has 6 heteroatoms. The van der Waals surface area contributed by atoms with E-state index < -0.39 is 0 Å². The molecule has 0 bridgehead atoms. The minimum atomic E-state index is -0.0214. The molecular formula is C18H23N3O2S. The van der Waals surface area contributed by atoms with Crippen molar-refractivity contribution in [3.8, 4) is 5.75 Å². The van der Waals surface area contributed by atoms with Gasteiger partial charge in [-0.3, -0.25) is 4.79 Å². The summed E-state index contributed by atoms with van der Waals surface area (Å²) >= 11 is 1.52. The van der Waals surface area contributed by atoms with Crippen LogP contribution in [0.3, 0.4) is 0 Å². The van der Waals surface area contributed by atoms with E-state index in [1.165, 1.54) is 11.8 Å². The first kappa shape index (κ1) is 18.3. The summed E-state index contributed by atoms with van der Waals surface area (Å²) in [5, 5.41) is 3.67. The molecule has 1 aromatic carbocycles. The van der Waals surface area contributed by atoms with E-state index in [2.05, 4.69) is 15.3 Å². The molecule has 1 amide bonds. The third kappa shape index (κ3) is 4.96. The topological polar surface area (TPSA) is 64.1 Å². The Kier molecular flexibility index (Phi) is 6.61. The lowest BCUT2D eigenvalue weighted by atomic mass is 10.1. The van der Waals surface area contributed by atoms with Crippen molar-refractivity contribution in [3.63, 3.8) is 0 Å². The summed E-state index contributed by atoms with van der Waals surface area (Å²) in [7, 11) is 0. The maximum atomic E-state index is 12.2. The smallest absolute Gasteiger partial charge is 0.224 e.